The van der Waals surface area contributed by atoms with E-state index in [0.29, 0.717) is 11.5 Å². The molecule has 0 bridgehead atoms. The molecular weight excluding hydrogens is 300 g/mol. The third kappa shape index (κ3) is 4.42. The molecule has 0 amide bonds. The van der Waals surface area contributed by atoms with Gasteiger partial charge in [0.15, 0.2) is 0 Å². The first-order chi connectivity index (χ1) is 11.7. The molecule has 0 radical (unpaired) electrons. The number of carboxylic acid groups (broad SMARTS) is 1. The van der Waals surface area contributed by atoms with Crippen LogP contribution in [0.1, 0.15) is 46.7 Å². The van der Waals surface area contributed by atoms with Gasteiger partial charge in [-0.15, -0.1) is 0 Å². The molecule has 1 atom stereocenters. The monoisotopic (exact) mass is 324 g/mol. The Morgan fingerprint density at radius 1 is 1.25 bits per heavy atom. The molecule has 1 aromatic heterocycles. The fourth-order valence-electron chi connectivity index (χ4n) is 3.48. The molecule has 3 rings (SSSR count). The van der Waals surface area contributed by atoms with Crippen LogP contribution in [-0.2, 0) is 6.42 Å². The highest BCUT2D eigenvalue weighted by atomic mass is 16.4. The molecule has 0 spiro atoms. The highest BCUT2D eigenvalue weighted by Crippen LogP contribution is 2.27. The number of likely N-dealkylation sites (tertiary alicyclic amines) is 1. The molecule has 1 aliphatic heterocycles. The number of piperidine rings is 1. The normalized spacial score (nSPS) is 18.4. The smallest absolute Gasteiger partial charge is 0.335 e. The molecule has 0 saturated carbocycles. The number of hydrogen-bond acceptors (Lipinski definition) is 3. The van der Waals surface area contributed by atoms with Crippen LogP contribution in [0.5, 0.6) is 0 Å². The maximum absolute atomic E-state index is 11.0. The second kappa shape index (κ2) is 8.06. The molecule has 126 valence electrons. The number of carbonyl (C=O) groups is 1. The molecule has 1 N–H and O–H groups in total. The predicted octanol–water partition coefficient (Wildman–Crippen LogP) is 3.59. The Bertz CT molecular complexity index is 655. The molecular formula is C20H24N2O2. The van der Waals surface area contributed by atoms with Crippen molar-refractivity contribution in [1.29, 1.82) is 0 Å². The van der Waals surface area contributed by atoms with Gasteiger partial charge in [0.1, 0.15) is 0 Å². The quantitative estimate of drug-likeness (QED) is 0.882. The summed E-state index contributed by atoms with van der Waals surface area (Å²) in [5, 5.41) is 9.01. The van der Waals surface area contributed by atoms with Crippen LogP contribution >= 0.6 is 0 Å². The molecule has 1 unspecified atom stereocenters. The molecule has 0 aliphatic carbocycles. The van der Waals surface area contributed by atoms with Gasteiger partial charge in [0.25, 0.3) is 0 Å². The summed E-state index contributed by atoms with van der Waals surface area (Å²) in [6.07, 6.45) is 8.37. The number of aryl methyl sites for hydroxylation is 1. The van der Waals surface area contributed by atoms with Gasteiger partial charge in [-0.05, 0) is 74.0 Å². The van der Waals surface area contributed by atoms with Crippen molar-refractivity contribution in [2.75, 3.05) is 19.6 Å². The SMILES string of the molecule is O=C(O)c1ccc(C2CCCN(CCCc3cccnc3)C2)cc1. The van der Waals surface area contributed by atoms with E-state index in [2.05, 4.69) is 16.0 Å². The van der Waals surface area contributed by atoms with Crippen molar-refractivity contribution in [2.24, 2.45) is 0 Å². The van der Waals surface area contributed by atoms with Gasteiger partial charge in [-0.25, -0.2) is 4.79 Å². The van der Waals surface area contributed by atoms with E-state index in [-0.39, 0.29) is 0 Å². The van der Waals surface area contributed by atoms with Crippen molar-refractivity contribution in [3.05, 3.63) is 65.5 Å². The maximum Gasteiger partial charge on any atom is 0.335 e. The lowest BCUT2D eigenvalue weighted by Crippen LogP contribution is -2.35. The molecule has 2 heterocycles. The fourth-order valence-corrected chi connectivity index (χ4v) is 3.48. The summed E-state index contributed by atoms with van der Waals surface area (Å²) < 4.78 is 0. The average Bonchev–Trinajstić information content (AvgIpc) is 2.63. The zero-order chi connectivity index (χ0) is 16.8. The molecule has 2 aromatic rings. The number of aromatic nitrogens is 1. The second-order valence-corrected chi connectivity index (χ2v) is 6.53. The number of carboxylic acids is 1. The van der Waals surface area contributed by atoms with E-state index in [1.54, 1.807) is 12.1 Å². The van der Waals surface area contributed by atoms with Gasteiger partial charge in [-0.3, -0.25) is 4.98 Å². The number of pyridine rings is 1. The Kier molecular flexibility index (Phi) is 5.59. The number of nitrogens with zero attached hydrogens (tertiary/aromatic N) is 2. The van der Waals surface area contributed by atoms with E-state index >= 15 is 0 Å². The average molecular weight is 324 g/mol. The minimum absolute atomic E-state index is 0.364. The number of aromatic carboxylic acids is 1. The van der Waals surface area contributed by atoms with Crippen molar-refractivity contribution in [2.45, 2.75) is 31.6 Å². The Morgan fingerprint density at radius 2 is 2.08 bits per heavy atom. The van der Waals surface area contributed by atoms with Crippen LogP contribution in [0, 0.1) is 0 Å². The Hall–Kier alpha value is -2.20. The minimum atomic E-state index is -0.859. The van der Waals surface area contributed by atoms with Gasteiger partial charge in [0.2, 0.25) is 0 Å². The zero-order valence-corrected chi connectivity index (χ0v) is 13.9. The van der Waals surface area contributed by atoms with Crippen LogP contribution in [0.2, 0.25) is 0 Å². The van der Waals surface area contributed by atoms with Gasteiger partial charge < -0.3 is 10.0 Å². The molecule has 1 saturated heterocycles. The van der Waals surface area contributed by atoms with Crippen molar-refractivity contribution < 1.29 is 9.90 Å². The first kappa shape index (κ1) is 16.7. The van der Waals surface area contributed by atoms with Crippen LogP contribution in [0.4, 0.5) is 0 Å². The van der Waals surface area contributed by atoms with Crippen LogP contribution in [-0.4, -0.2) is 40.6 Å². The zero-order valence-electron chi connectivity index (χ0n) is 13.9. The first-order valence-corrected chi connectivity index (χ1v) is 8.67. The fraction of sp³-hybridized carbons (Fsp3) is 0.400. The van der Waals surface area contributed by atoms with E-state index in [1.165, 1.54) is 24.0 Å². The van der Waals surface area contributed by atoms with E-state index in [1.807, 2.05) is 30.6 Å². The summed E-state index contributed by atoms with van der Waals surface area (Å²) in [6, 6.07) is 11.5. The van der Waals surface area contributed by atoms with Crippen molar-refractivity contribution in [3.8, 4) is 0 Å². The summed E-state index contributed by atoms with van der Waals surface area (Å²) >= 11 is 0. The van der Waals surface area contributed by atoms with E-state index in [0.717, 1.165) is 32.5 Å². The molecule has 4 heteroatoms. The topological polar surface area (TPSA) is 53.4 Å². The lowest BCUT2D eigenvalue weighted by molar-refractivity contribution is 0.0697. The molecule has 1 fully saturated rings. The van der Waals surface area contributed by atoms with Crippen molar-refractivity contribution >= 4 is 5.97 Å². The summed E-state index contributed by atoms with van der Waals surface area (Å²) in [5.74, 6) is -0.345. The second-order valence-electron chi connectivity index (χ2n) is 6.53. The third-order valence-corrected chi connectivity index (χ3v) is 4.80. The standard InChI is InChI=1S/C20H24N2O2/c23-20(24)18-9-7-17(8-10-18)19-6-3-13-22(15-19)12-2-5-16-4-1-11-21-14-16/h1,4,7-11,14,19H,2-3,5-6,12-13,15H2,(H,23,24). The highest BCUT2D eigenvalue weighted by molar-refractivity contribution is 5.87. The lowest BCUT2D eigenvalue weighted by Gasteiger charge is -2.33. The van der Waals surface area contributed by atoms with Gasteiger partial charge in [-0.2, -0.15) is 0 Å². The Balaban J connectivity index is 1.51. The molecule has 1 aromatic carbocycles. The van der Waals surface area contributed by atoms with Crippen LogP contribution < -0.4 is 0 Å². The molecule has 4 nitrogen and oxygen atoms in total. The Morgan fingerprint density at radius 3 is 2.79 bits per heavy atom. The van der Waals surface area contributed by atoms with Crippen LogP contribution in [0.3, 0.4) is 0 Å². The minimum Gasteiger partial charge on any atom is -0.478 e. The highest BCUT2D eigenvalue weighted by Gasteiger charge is 2.21. The van der Waals surface area contributed by atoms with Gasteiger partial charge in [-0.1, -0.05) is 18.2 Å². The van der Waals surface area contributed by atoms with Gasteiger partial charge in [0.05, 0.1) is 5.56 Å². The summed E-state index contributed by atoms with van der Waals surface area (Å²) in [6.45, 7) is 3.34. The molecule has 1 aliphatic rings. The lowest BCUT2D eigenvalue weighted by atomic mass is 9.90. The van der Waals surface area contributed by atoms with Gasteiger partial charge in [0, 0.05) is 18.9 Å². The largest absolute Gasteiger partial charge is 0.478 e. The van der Waals surface area contributed by atoms with E-state index in [9.17, 15) is 4.79 Å². The van der Waals surface area contributed by atoms with Crippen LogP contribution in [0.15, 0.2) is 48.8 Å². The van der Waals surface area contributed by atoms with Crippen molar-refractivity contribution in [3.63, 3.8) is 0 Å². The number of hydrogen-bond donors (Lipinski definition) is 1. The summed E-state index contributed by atoms with van der Waals surface area (Å²) in [5.41, 5.74) is 2.93. The van der Waals surface area contributed by atoms with Gasteiger partial charge >= 0.3 is 5.97 Å². The van der Waals surface area contributed by atoms with Crippen molar-refractivity contribution in [1.82, 2.24) is 9.88 Å². The predicted molar refractivity (Wildman–Crippen MR) is 94.4 cm³/mol. The summed E-state index contributed by atoms with van der Waals surface area (Å²) in [7, 11) is 0. The Labute approximate surface area is 143 Å². The first-order valence-electron chi connectivity index (χ1n) is 8.67. The summed E-state index contributed by atoms with van der Waals surface area (Å²) in [4.78, 5) is 17.7. The van der Waals surface area contributed by atoms with Crippen LogP contribution in [0.25, 0.3) is 0 Å². The number of rotatable bonds is 6. The number of benzene rings is 1. The van der Waals surface area contributed by atoms with E-state index in [4.69, 9.17) is 5.11 Å². The van der Waals surface area contributed by atoms with E-state index < -0.39 is 5.97 Å². The maximum atomic E-state index is 11.0. The molecule has 24 heavy (non-hydrogen) atoms. The third-order valence-electron chi connectivity index (χ3n) is 4.80.